The molecule has 1 aliphatic heterocycles. The average molecular weight is 1350 g/mol. The molecule has 0 bridgehead atoms. The van der Waals surface area contributed by atoms with Crippen LogP contribution < -0.4 is 16.0 Å². The zero-order chi connectivity index (χ0) is 71.5. The minimum Gasteiger partial charge on any atom is -0.508 e. The van der Waals surface area contributed by atoms with Gasteiger partial charge in [0.15, 0.2) is 17.5 Å². The summed E-state index contributed by atoms with van der Waals surface area (Å²) in [6.45, 7) is 0. The number of aromatic nitrogens is 6. The minimum atomic E-state index is -1.46. The van der Waals surface area contributed by atoms with Gasteiger partial charge in [0.1, 0.15) is 34.5 Å². The molecule has 0 aliphatic carbocycles. The van der Waals surface area contributed by atoms with Gasteiger partial charge in [-0.05, 0) is 143 Å². The summed E-state index contributed by atoms with van der Waals surface area (Å²) in [4.78, 5) is 106. The molecule has 1 saturated heterocycles. The van der Waals surface area contributed by atoms with Crippen LogP contribution >= 0.6 is 0 Å². The van der Waals surface area contributed by atoms with E-state index in [2.05, 4.69) is 35.8 Å². The van der Waals surface area contributed by atoms with Gasteiger partial charge < -0.3 is 46.6 Å². The van der Waals surface area contributed by atoms with Crippen LogP contribution in [0.3, 0.4) is 0 Å². The second-order valence-electron chi connectivity index (χ2n) is 22.4. The third kappa shape index (κ3) is 20.8. The third-order valence-electron chi connectivity index (χ3n) is 15.1. The zero-order valence-electron chi connectivity index (χ0n) is 53.5. The summed E-state index contributed by atoms with van der Waals surface area (Å²) in [5.74, 6) is 1.18. The standard InChI is InChI=1S/C26H21N3O5.2C25H21N3O3.CO2.O2/c30-20-10-6-18(7-11-20)15-26(25(32)33-34-26)29-24-22(14-17-4-2-1-3-5-17)28-23(16-27-24)19-8-12-21(31)13-9-19;2*29-20-10-6-18(7-11-20)15-24(31)28-25-22(14-17-4-2-1-3-5-17)27-23(16-26-25)19-8-12-21(30)13-9-19;2-1-3;1-2/h1-13,16,30-31H,14-15H2,(H,27,29);2*1-13,16,29-30H,14-15H2,(H,26,28,31);;. The first-order chi connectivity index (χ1) is 49.0. The smallest absolute Gasteiger partial charge is 0.399 e. The molecular formula is C77H63N9O15. The number of nitrogens with zero attached hydrogens (tertiary/aromatic N) is 6. The Morgan fingerprint density at radius 1 is 0.376 bits per heavy atom. The van der Waals surface area contributed by atoms with Gasteiger partial charge in [0.05, 0.1) is 65.6 Å². The Bertz CT molecular complexity index is 4540. The van der Waals surface area contributed by atoms with Crippen LogP contribution in [-0.4, -0.2) is 90.2 Å². The van der Waals surface area contributed by atoms with Crippen molar-refractivity contribution >= 4 is 41.4 Å². The van der Waals surface area contributed by atoms with Crippen LogP contribution in [-0.2, 0) is 72.3 Å². The zero-order valence-corrected chi connectivity index (χ0v) is 53.5. The van der Waals surface area contributed by atoms with Gasteiger partial charge in [0.2, 0.25) is 11.8 Å². The van der Waals surface area contributed by atoms with Crippen LogP contribution in [0.1, 0.15) is 50.5 Å². The molecule has 1 fully saturated rings. The first kappa shape index (κ1) is 71.5. The number of phenolic OH excluding ortho intramolecular Hbond substituents is 6. The molecule has 13 rings (SSSR count). The number of aromatic hydroxyl groups is 6. The predicted molar refractivity (Wildman–Crippen MR) is 373 cm³/mol. The summed E-state index contributed by atoms with van der Waals surface area (Å²) in [6, 6.07) is 69.2. The molecule has 1 unspecified atom stereocenters. The Hall–Kier alpha value is -13.8. The second-order valence-corrected chi connectivity index (χ2v) is 22.4. The highest BCUT2D eigenvalue weighted by atomic mass is 17.3. The normalized spacial score (nSPS) is 12.3. The highest BCUT2D eigenvalue weighted by molar-refractivity contribution is 5.93. The number of amides is 2. The summed E-state index contributed by atoms with van der Waals surface area (Å²) in [5, 5.41) is 65.9. The van der Waals surface area contributed by atoms with Crippen molar-refractivity contribution < 1.29 is 64.4 Å². The molecule has 3 aromatic heterocycles. The van der Waals surface area contributed by atoms with E-state index in [1.54, 1.807) is 164 Å². The summed E-state index contributed by atoms with van der Waals surface area (Å²) < 4.78 is 0. The van der Waals surface area contributed by atoms with Gasteiger partial charge in [-0.3, -0.25) is 14.5 Å². The Balaban J connectivity index is 0.000000171. The monoisotopic (exact) mass is 1350 g/mol. The van der Waals surface area contributed by atoms with Crippen molar-refractivity contribution in [1.82, 2.24) is 29.9 Å². The lowest BCUT2D eigenvalue weighted by atomic mass is 10.0. The van der Waals surface area contributed by atoms with Crippen molar-refractivity contribution in [2.24, 2.45) is 0 Å². The summed E-state index contributed by atoms with van der Waals surface area (Å²) in [7, 11) is 0. The number of hydrogen-bond donors (Lipinski definition) is 9. The Kier molecular flexibility index (Phi) is 24.9. The number of nitrogens with one attached hydrogen (secondary N) is 3. The number of rotatable bonds is 19. The van der Waals surface area contributed by atoms with Crippen LogP contribution in [0, 0.1) is 9.93 Å². The molecule has 9 aromatic carbocycles. The summed E-state index contributed by atoms with van der Waals surface area (Å²) in [6.07, 6.45) is 7.03. The largest absolute Gasteiger partial charge is 0.508 e. The molecule has 1 aliphatic rings. The van der Waals surface area contributed by atoms with E-state index < -0.39 is 11.7 Å². The van der Waals surface area contributed by atoms with Gasteiger partial charge in [-0.2, -0.15) is 9.59 Å². The number of carbonyl (C=O) groups excluding carboxylic acids is 5. The van der Waals surface area contributed by atoms with E-state index in [0.29, 0.717) is 70.9 Å². The fourth-order valence-electron chi connectivity index (χ4n) is 10.1. The van der Waals surface area contributed by atoms with E-state index >= 15 is 0 Å². The van der Waals surface area contributed by atoms with Crippen molar-refractivity contribution in [2.45, 2.75) is 44.2 Å². The number of hydrogen-bond acceptors (Lipinski definition) is 22. The van der Waals surface area contributed by atoms with Gasteiger partial charge in [-0.25, -0.2) is 34.7 Å². The molecule has 0 radical (unpaired) electrons. The molecule has 101 heavy (non-hydrogen) atoms. The number of anilines is 3. The highest BCUT2D eigenvalue weighted by Crippen LogP contribution is 2.34. The fourth-order valence-corrected chi connectivity index (χ4v) is 10.1. The van der Waals surface area contributed by atoms with Gasteiger partial charge in [0, 0.05) is 52.3 Å². The molecular weight excluding hydrogens is 1290 g/mol. The maximum absolute atomic E-state index is 12.6. The molecule has 24 nitrogen and oxygen atoms in total. The molecule has 24 heteroatoms. The van der Waals surface area contributed by atoms with Gasteiger partial charge in [-0.1, -0.05) is 127 Å². The third-order valence-corrected chi connectivity index (χ3v) is 15.1. The van der Waals surface area contributed by atoms with Crippen LogP contribution in [0.4, 0.5) is 17.5 Å². The van der Waals surface area contributed by atoms with E-state index in [9.17, 15) is 45.0 Å². The maximum atomic E-state index is 12.6. The average Bonchev–Trinajstić information content (AvgIpc) is 0.766. The van der Waals surface area contributed by atoms with Crippen molar-refractivity contribution in [2.75, 3.05) is 16.0 Å². The predicted octanol–water partition coefficient (Wildman–Crippen LogP) is 12.1. The van der Waals surface area contributed by atoms with Crippen LogP contribution in [0.25, 0.3) is 33.8 Å². The quantitative estimate of drug-likeness (QED) is 0.0340. The molecule has 506 valence electrons. The van der Waals surface area contributed by atoms with E-state index in [4.69, 9.17) is 39.4 Å². The topological polar surface area (TPSA) is 373 Å². The first-order valence-electron chi connectivity index (χ1n) is 30.9. The molecule has 2 amide bonds. The lowest BCUT2D eigenvalue weighted by molar-refractivity contribution is -0.393. The Morgan fingerprint density at radius 3 is 0.941 bits per heavy atom. The molecule has 0 spiro atoms. The van der Waals surface area contributed by atoms with Crippen LogP contribution in [0.5, 0.6) is 34.5 Å². The van der Waals surface area contributed by atoms with Gasteiger partial charge in [0.25, 0.3) is 5.72 Å². The highest BCUT2D eigenvalue weighted by Gasteiger charge is 2.54. The van der Waals surface area contributed by atoms with E-state index in [1.165, 1.54) is 0 Å². The maximum Gasteiger partial charge on any atom is 0.399 e. The Labute approximate surface area is 577 Å². The van der Waals surface area contributed by atoms with Gasteiger partial charge >= 0.3 is 12.1 Å². The summed E-state index contributed by atoms with van der Waals surface area (Å²) in [5.41, 5.74) is 10.3. The lowest BCUT2D eigenvalue weighted by Gasteiger charge is -2.37. The van der Waals surface area contributed by atoms with E-state index in [0.717, 1.165) is 50.1 Å². The molecule has 0 saturated carbocycles. The molecule has 1 atom stereocenters. The van der Waals surface area contributed by atoms with Crippen molar-refractivity contribution in [3.05, 3.63) is 316 Å². The van der Waals surface area contributed by atoms with E-state index in [1.807, 2.05) is 91.0 Å². The minimum absolute atomic E-state index is 0.128. The number of carbonyl (C=O) groups is 3. The number of benzene rings is 9. The fraction of sp³-hybridized carbons (Fsp3) is 0.0909. The second kappa shape index (κ2) is 35.2. The molecule has 9 N–H and O–H groups in total. The van der Waals surface area contributed by atoms with Crippen molar-refractivity contribution in [3.63, 3.8) is 0 Å². The first-order valence-corrected chi connectivity index (χ1v) is 30.9. The van der Waals surface area contributed by atoms with Gasteiger partial charge in [-0.15, -0.1) is 4.89 Å². The van der Waals surface area contributed by atoms with E-state index in [-0.39, 0.29) is 71.7 Å². The van der Waals surface area contributed by atoms with Crippen molar-refractivity contribution in [1.29, 1.82) is 0 Å². The van der Waals surface area contributed by atoms with Crippen molar-refractivity contribution in [3.8, 4) is 68.3 Å². The molecule has 4 heterocycles. The van der Waals surface area contributed by atoms with Crippen LogP contribution in [0.2, 0.25) is 0 Å². The molecule has 12 aromatic rings. The number of phenols is 6. The summed E-state index contributed by atoms with van der Waals surface area (Å²) >= 11 is 0. The lowest BCUT2D eigenvalue weighted by Crippen LogP contribution is -2.60. The van der Waals surface area contributed by atoms with Crippen LogP contribution in [0.15, 0.2) is 255 Å². The Morgan fingerprint density at radius 2 is 0.653 bits per heavy atom. The SMILES string of the molecule is O=C(Cc1ccc(O)cc1)Nc1ncc(-c2ccc(O)cc2)nc1Cc1ccccc1.O=C(Cc1ccc(O)cc1)Nc1ncc(-c2ccc(O)cc2)nc1Cc1ccccc1.O=C1OOC1(Cc1ccc(O)cc1)Nc1ncc(-c2ccc(O)cc2)nc1Cc1ccccc1.O=C=O.O=O.